The van der Waals surface area contributed by atoms with Crippen molar-refractivity contribution in [1.29, 1.82) is 0 Å². The highest BCUT2D eigenvalue weighted by Gasteiger charge is 2.44. The minimum Gasteiger partial charge on any atom is -0.392 e. The van der Waals surface area contributed by atoms with E-state index < -0.39 is 11.0 Å². The van der Waals surface area contributed by atoms with E-state index in [1.807, 2.05) is 0 Å². The second-order valence-electron chi connectivity index (χ2n) is 5.88. The number of carbonyl (C=O) groups excluding carboxylic acids is 1. The highest BCUT2D eigenvalue weighted by Crippen LogP contribution is 2.37. The van der Waals surface area contributed by atoms with Crippen molar-refractivity contribution in [3.63, 3.8) is 0 Å². The Morgan fingerprint density at radius 1 is 1.35 bits per heavy atom. The lowest BCUT2D eigenvalue weighted by atomic mass is 9.73. The molecule has 0 spiro atoms. The first kappa shape index (κ1) is 15.7. The Morgan fingerprint density at radius 3 is 2.55 bits per heavy atom. The smallest absolute Gasteiger partial charge is 0.233 e. The van der Waals surface area contributed by atoms with Crippen molar-refractivity contribution in [2.45, 2.75) is 44.1 Å². The molecule has 1 heterocycles. The third kappa shape index (κ3) is 2.97. The van der Waals surface area contributed by atoms with Crippen LogP contribution in [0.25, 0.3) is 0 Å². The van der Waals surface area contributed by atoms with Crippen molar-refractivity contribution in [3.8, 4) is 0 Å². The minimum absolute atomic E-state index is 0.0481. The molecule has 0 aromatic heterocycles. The molecule has 1 saturated heterocycles. The number of thiocarbonyl (C=S) groups is 1. The Kier molecular flexibility index (Phi) is 4.99. The molecule has 5 nitrogen and oxygen atoms in total. The summed E-state index contributed by atoms with van der Waals surface area (Å²) in [4.78, 5) is 12.9. The van der Waals surface area contributed by atoms with Gasteiger partial charge in [0.25, 0.3) is 0 Å². The van der Waals surface area contributed by atoms with Gasteiger partial charge in [0, 0.05) is 26.7 Å². The van der Waals surface area contributed by atoms with Gasteiger partial charge in [-0.15, -0.1) is 0 Å². The first-order valence-electron chi connectivity index (χ1n) is 7.26. The molecule has 6 heteroatoms. The zero-order chi connectivity index (χ0) is 14.6. The molecule has 0 radical (unpaired) electrons. The zero-order valence-electron chi connectivity index (χ0n) is 12.1. The lowest BCUT2D eigenvalue weighted by Crippen LogP contribution is -2.54. The van der Waals surface area contributed by atoms with Crippen LogP contribution in [-0.2, 0) is 14.3 Å². The Bertz CT molecular complexity index is 375. The molecule has 0 bridgehead atoms. The van der Waals surface area contributed by atoms with E-state index in [0.29, 0.717) is 24.7 Å². The van der Waals surface area contributed by atoms with E-state index in [9.17, 15) is 4.79 Å². The van der Waals surface area contributed by atoms with Crippen molar-refractivity contribution in [3.05, 3.63) is 0 Å². The summed E-state index contributed by atoms with van der Waals surface area (Å²) in [5.41, 5.74) is 4.80. The molecule has 2 aliphatic rings. The van der Waals surface area contributed by atoms with Gasteiger partial charge in [-0.25, -0.2) is 0 Å². The third-order valence-electron chi connectivity index (χ3n) is 4.68. The molecule has 20 heavy (non-hydrogen) atoms. The van der Waals surface area contributed by atoms with Crippen LogP contribution in [0.3, 0.4) is 0 Å². The Labute approximate surface area is 125 Å². The fraction of sp³-hybridized carbons (Fsp3) is 0.857. The highest BCUT2D eigenvalue weighted by atomic mass is 32.1. The van der Waals surface area contributed by atoms with Crippen LogP contribution in [-0.4, -0.2) is 43.4 Å². The van der Waals surface area contributed by atoms with Crippen molar-refractivity contribution < 1.29 is 14.3 Å². The van der Waals surface area contributed by atoms with E-state index in [1.165, 1.54) is 0 Å². The number of carbonyl (C=O) groups is 1. The second kappa shape index (κ2) is 6.37. The van der Waals surface area contributed by atoms with E-state index in [4.69, 9.17) is 27.4 Å². The zero-order valence-corrected chi connectivity index (χ0v) is 12.9. The van der Waals surface area contributed by atoms with Gasteiger partial charge in [-0.05, 0) is 12.8 Å². The van der Waals surface area contributed by atoms with E-state index in [0.717, 1.165) is 38.5 Å². The van der Waals surface area contributed by atoms with Crippen LogP contribution in [0.5, 0.6) is 0 Å². The molecule has 1 amide bonds. The lowest BCUT2D eigenvalue weighted by Gasteiger charge is -2.36. The molecule has 1 unspecified atom stereocenters. The average Bonchev–Trinajstić information content (AvgIpc) is 2.95. The van der Waals surface area contributed by atoms with E-state index in [1.54, 1.807) is 7.11 Å². The van der Waals surface area contributed by atoms with Crippen LogP contribution in [0.4, 0.5) is 0 Å². The molecular weight excluding hydrogens is 276 g/mol. The normalized spacial score (nSPS) is 29.1. The van der Waals surface area contributed by atoms with Gasteiger partial charge in [-0.3, -0.25) is 4.79 Å². The third-order valence-corrected chi connectivity index (χ3v) is 5.08. The number of nitrogens with one attached hydrogen (secondary N) is 1. The van der Waals surface area contributed by atoms with Gasteiger partial charge in [0.15, 0.2) is 0 Å². The number of amides is 1. The highest BCUT2D eigenvalue weighted by molar-refractivity contribution is 7.80. The maximum atomic E-state index is 12.6. The van der Waals surface area contributed by atoms with Crippen molar-refractivity contribution in [2.75, 3.05) is 26.9 Å². The van der Waals surface area contributed by atoms with Gasteiger partial charge in [0.05, 0.1) is 17.0 Å². The second-order valence-corrected chi connectivity index (χ2v) is 6.32. The number of rotatable bonds is 5. The van der Waals surface area contributed by atoms with Crippen LogP contribution in [0, 0.1) is 5.41 Å². The summed E-state index contributed by atoms with van der Waals surface area (Å²) in [5.74, 6) is -0.0481. The molecule has 0 aromatic rings. The quantitative estimate of drug-likeness (QED) is 0.745. The summed E-state index contributed by atoms with van der Waals surface area (Å²) in [7, 11) is 1.66. The number of ether oxygens (including phenoxy) is 2. The van der Waals surface area contributed by atoms with Crippen LogP contribution in [0.2, 0.25) is 0 Å². The van der Waals surface area contributed by atoms with Gasteiger partial charge in [0.2, 0.25) is 5.91 Å². The molecule has 0 aromatic carbocycles. The Morgan fingerprint density at radius 2 is 2.05 bits per heavy atom. The van der Waals surface area contributed by atoms with Gasteiger partial charge in [-0.1, -0.05) is 31.5 Å². The van der Waals surface area contributed by atoms with Crippen molar-refractivity contribution in [1.82, 2.24) is 5.32 Å². The van der Waals surface area contributed by atoms with Crippen molar-refractivity contribution in [2.24, 2.45) is 11.1 Å². The van der Waals surface area contributed by atoms with Gasteiger partial charge in [0.1, 0.15) is 5.60 Å². The van der Waals surface area contributed by atoms with Gasteiger partial charge in [-0.2, -0.15) is 0 Å². The van der Waals surface area contributed by atoms with Crippen LogP contribution in [0.1, 0.15) is 38.5 Å². The standard InChI is InChI=1S/C14H24N2O3S/c1-18-13(7-8-19-10-13)9-16-12(17)14(11(15)20)5-3-2-4-6-14/h2-10H2,1H3,(H2,15,20)(H,16,17). The summed E-state index contributed by atoms with van der Waals surface area (Å²) in [5, 5.41) is 3.00. The summed E-state index contributed by atoms with van der Waals surface area (Å²) < 4.78 is 10.9. The first-order chi connectivity index (χ1) is 9.55. The summed E-state index contributed by atoms with van der Waals surface area (Å²) in [6, 6.07) is 0. The van der Waals surface area contributed by atoms with Crippen LogP contribution in [0.15, 0.2) is 0 Å². The predicted octanol–water partition coefficient (Wildman–Crippen LogP) is 1.14. The van der Waals surface area contributed by atoms with Crippen LogP contribution < -0.4 is 11.1 Å². The molecular formula is C14H24N2O3S. The fourth-order valence-corrected chi connectivity index (χ4v) is 3.41. The fourth-order valence-electron chi connectivity index (χ4n) is 3.11. The number of hydrogen-bond acceptors (Lipinski definition) is 4. The summed E-state index contributed by atoms with van der Waals surface area (Å²) in [6.45, 7) is 1.64. The molecule has 1 atom stereocenters. The Hall–Kier alpha value is -0.720. The van der Waals surface area contributed by atoms with E-state index >= 15 is 0 Å². The lowest BCUT2D eigenvalue weighted by molar-refractivity contribution is -0.130. The predicted molar refractivity (Wildman–Crippen MR) is 80.5 cm³/mol. The summed E-state index contributed by atoms with van der Waals surface area (Å²) in [6.07, 6.45) is 5.46. The largest absolute Gasteiger partial charge is 0.392 e. The SMILES string of the molecule is COC1(CNC(=O)C2(C(N)=S)CCCCC2)CCOC1. The Balaban J connectivity index is 2.00. The molecule has 2 rings (SSSR count). The van der Waals surface area contributed by atoms with Crippen LogP contribution >= 0.6 is 12.2 Å². The topological polar surface area (TPSA) is 73.6 Å². The molecule has 114 valence electrons. The van der Waals surface area contributed by atoms with Crippen molar-refractivity contribution >= 4 is 23.1 Å². The molecule has 1 aliphatic heterocycles. The van der Waals surface area contributed by atoms with Gasteiger partial charge >= 0.3 is 0 Å². The molecule has 1 aliphatic carbocycles. The van der Waals surface area contributed by atoms with E-state index in [2.05, 4.69) is 5.32 Å². The first-order valence-corrected chi connectivity index (χ1v) is 7.67. The maximum absolute atomic E-state index is 12.6. The van der Waals surface area contributed by atoms with E-state index in [-0.39, 0.29) is 5.91 Å². The maximum Gasteiger partial charge on any atom is 0.233 e. The summed E-state index contributed by atoms with van der Waals surface area (Å²) >= 11 is 5.17. The molecule has 3 N–H and O–H groups in total. The number of methoxy groups -OCH3 is 1. The average molecular weight is 300 g/mol. The molecule has 1 saturated carbocycles. The number of hydrogen-bond donors (Lipinski definition) is 2. The molecule has 2 fully saturated rings. The number of nitrogens with two attached hydrogens (primary N) is 1. The van der Waals surface area contributed by atoms with Gasteiger partial charge < -0.3 is 20.5 Å². The monoisotopic (exact) mass is 300 g/mol. The minimum atomic E-state index is -0.665.